The van der Waals surface area contributed by atoms with Crippen LogP contribution in [0.3, 0.4) is 0 Å². The van der Waals surface area contributed by atoms with Crippen LogP contribution in [-0.2, 0) is 22.7 Å². The van der Waals surface area contributed by atoms with Gasteiger partial charge in [-0.15, -0.1) is 0 Å². The van der Waals surface area contributed by atoms with Crippen molar-refractivity contribution in [3.63, 3.8) is 0 Å². The third kappa shape index (κ3) is 6.04. The molecule has 0 aliphatic rings. The number of carbonyl (C=O) groups is 2. The van der Waals surface area contributed by atoms with E-state index in [1.165, 1.54) is 0 Å². The molecule has 2 atom stereocenters. The van der Waals surface area contributed by atoms with Gasteiger partial charge in [-0.05, 0) is 38.2 Å². The predicted molar refractivity (Wildman–Crippen MR) is 101 cm³/mol. The molecular weight excluding hydrogens is 348 g/mol. The van der Waals surface area contributed by atoms with E-state index < -0.39 is 24.0 Å². The van der Waals surface area contributed by atoms with Gasteiger partial charge in [-0.25, -0.2) is 0 Å². The molecule has 0 saturated carbocycles. The van der Waals surface area contributed by atoms with E-state index in [9.17, 15) is 9.59 Å². The number of fused-ring (bicyclic) bond motifs is 1. The third-order valence-corrected chi connectivity index (χ3v) is 4.78. The van der Waals surface area contributed by atoms with Gasteiger partial charge in [-0.2, -0.15) is 4.57 Å². The Bertz CT molecular complexity index is 774. The van der Waals surface area contributed by atoms with Crippen LogP contribution in [0.15, 0.2) is 30.6 Å². The van der Waals surface area contributed by atoms with E-state index in [1.54, 1.807) is 0 Å². The highest BCUT2D eigenvalue weighted by atomic mass is 16.4. The number of aromatic nitrogens is 2. The van der Waals surface area contributed by atoms with Gasteiger partial charge in [0.15, 0.2) is 6.20 Å². The Hall–Kier alpha value is -2.45. The summed E-state index contributed by atoms with van der Waals surface area (Å²) in [7, 11) is 0. The Kier molecular flexibility index (Phi) is 7.75. The summed E-state index contributed by atoms with van der Waals surface area (Å²) < 4.78 is 4.33. The van der Waals surface area contributed by atoms with Crippen molar-refractivity contribution >= 4 is 23.0 Å². The second-order valence-electron chi connectivity index (χ2n) is 6.86. The summed E-state index contributed by atoms with van der Waals surface area (Å²) in [5.41, 5.74) is 13.3. The van der Waals surface area contributed by atoms with Crippen molar-refractivity contribution < 1.29 is 24.4 Å². The highest BCUT2D eigenvalue weighted by Gasteiger charge is 2.14. The lowest BCUT2D eigenvalue weighted by Crippen LogP contribution is -2.34. The number of aryl methyl sites for hydroxylation is 2. The van der Waals surface area contributed by atoms with E-state index >= 15 is 0 Å². The monoisotopic (exact) mass is 377 g/mol. The highest BCUT2D eigenvalue weighted by Crippen LogP contribution is 2.14. The van der Waals surface area contributed by atoms with Crippen molar-refractivity contribution in [2.24, 2.45) is 11.5 Å². The van der Waals surface area contributed by atoms with Crippen molar-refractivity contribution in [2.75, 3.05) is 0 Å². The molecule has 8 nitrogen and oxygen atoms in total. The molecule has 0 aromatic carbocycles. The Morgan fingerprint density at radius 2 is 1.63 bits per heavy atom. The van der Waals surface area contributed by atoms with Crippen LogP contribution in [0.1, 0.15) is 38.5 Å². The van der Waals surface area contributed by atoms with Crippen molar-refractivity contribution in [1.29, 1.82) is 0 Å². The second kappa shape index (κ2) is 10.0. The highest BCUT2D eigenvalue weighted by molar-refractivity contribution is 5.73. The molecule has 0 bridgehead atoms. The first-order chi connectivity index (χ1) is 12.9. The molecule has 0 spiro atoms. The number of pyridine rings is 1. The summed E-state index contributed by atoms with van der Waals surface area (Å²) in [5.74, 6) is -1.90. The van der Waals surface area contributed by atoms with Crippen molar-refractivity contribution in [3.05, 3.63) is 30.6 Å². The normalized spacial score (nSPS) is 13.6. The summed E-state index contributed by atoms with van der Waals surface area (Å²) in [4.78, 5) is 21.5. The van der Waals surface area contributed by atoms with Crippen LogP contribution in [0.2, 0.25) is 0 Å². The summed E-state index contributed by atoms with van der Waals surface area (Å²) in [5, 5.41) is 17.6. The molecule has 0 amide bonds. The summed E-state index contributed by atoms with van der Waals surface area (Å²) in [6.45, 7) is 1.62. The van der Waals surface area contributed by atoms with Crippen molar-refractivity contribution in [3.8, 4) is 0 Å². The number of carboxylic acid groups (broad SMARTS) is 2. The molecule has 0 saturated heterocycles. The molecule has 2 aromatic heterocycles. The number of carboxylic acids is 2. The Labute approximate surface area is 158 Å². The van der Waals surface area contributed by atoms with Gasteiger partial charge in [0.25, 0.3) is 0 Å². The van der Waals surface area contributed by atoms with Gasteiger partial charge in [0.2, 0.25) is 5.52 Å². The third-order valence-electron chi connectivity index (χ3n) is 4.78. The largest absolute Gasteiger partial charge is 0.480 e. The smallest absolute Gasteiger partial charge is 0.320 e. The van der Waals surface area contributed by atoms with E-state index in [0.717, 1.165) is 49.8 Å². The lowest BCUT2D eigenvalue weighted by molar-refractivity contribution is -0.671. The zero-order chi connectivity index (χ0) is 19.8. The standard InChI is InChI=1S/C19H28N4O4/c20-14(18(24)25)6-1-3-10-22-12-5-8-16-17(22)9-13-23(16)11-4-2-7-15(21)19(26)27/h5,8-9,12-15H,1-4,6-7,10-11,20-21H2,(H-,24,25,26,27)/p+1. The quantitative estimate of drug-likeness (QED) is 0.323. The number of nitrogens with two attached hydrogens (primary N) is 2. The van der Waals surface area contributed by atoms with Gasteiger partial charge in [-0.1, -0.05) is 0 Å². The fourth-order valence-corrected chi connectivity index (χ4v) is 3.15. The molecule has 8 heteroatoms. The first kappa shape index (κ1) is 20.9. The van der Waals surface area contributed by atoms with Crippen molar-refractivity contribution in [1.82, 2.24) is 4.57 Å². The van der Waals surface area contributed by atoms with E-state index in [2.05, 4.69) is 21.3 Å². The van der Waals surface area contributed by atoms with Crippen molar-refractivity contribution in [2.45, 2.75) is 63.7 Å². The summed E-state index contributed by atoms with van der Waals surface area (Å²) in [6, 6.07) is 4.56. The zero-order valence-corrected chi connectivity index (χ0v) is 15.5. The lowest BCUT2D eigenvalue weighted by Gasteiger charge is -2.07. The molecule has 6 N–H and O–H groups in total. The van der Waals surface area contributed by atoms with Gasteiger partial charge < -0.3 is 26.2 Å². The fourth-order valence-electron chi connectivity index (χ4n) is 3.15. The van der Waals surface area contributed by atoms with Gasteiger partial charge in [0.05, 0.1) is 0 Å². The van der Waals surface area contributed by atoms with E-state index in [4.69, 9.17) is 21.7 Å². The molecule has 2 heterocycles. The van der Waals surface area contributed by atoms with Crippen LogP contribution in [0, 0.1) is 0 Å². The number of nitrogens with zero attached hydrogens (tertiary/aromatic N) is 2. The number of aliphatic carboxylic acids is 2. The van der Waals surface area contributed by atoms with Crippen LogP contribution in [0.5, 0.6) is 0 Å². The first-order valence-electron chi connectivity index (χ1n) is 9.34. The minimum absolute atomic E-state index is 0.478. The maximum Gasteiger partial charge on any atom is 0.320 e. The van der Waals surface area contributed by atoms with Crippen LogP contribution in [0.4, 0.5) is 0 Å². The van der Waals surface area contributed by atoms with Crippen LogP contribution < -0.4 is 16.0 Å². The van der Waals surface area contributed by atoms with Crippen LogP contribution >= 0.6 is 0 Å². The molecule has 0 aliphatic heterocycles. The first-order valence-corrected chi connectivity index (χ1v) is 9.34. The van der Waals surface area contributed by atoms with E-state index in [0.29, 0.717) is 12.8 Å². The van der Waals surface area contributed by atoms with Gasteiger partial charge in [0.1, 0.15) is 24.1 Å². The lowest BCUT2D eigenvalue weighted by atomic mass is 10.1. The average Bonchev–Trinajstić information content (AvgIpc) is 3.05. The Balaban J connectivity index is 1.88. The molecular formula is C19H29N4O4+. The SMILES string of the molecule is NC(CCCCn1ccc2c1ccc[n+]2CCCCC(N)C(=O)O)C(=O)O. The molecule has 0 radical (unpaired) electrons. The maximum absolute atomic E-state index is 10.8. The number of rotatable bonds is 12. The molecule has 2 rings (SSSR count). The maximum atomic E-state index is 10.8. The Morgan fingerprint density at radius 3 is 2.26 bits per heavy atom. The average molecular weight is 377 g/mol. The van der Waals surface area contributed by atoms with Gasteiger partial charge in [-0.3, -0.25) is 9.59 Å². The zero-order valence-electron chi connectivity index (χ0n) is 15.5. The predicted octanol–water partition coefficient (Wildman–Crippen LogP) is 1.09. The molecule has 0 fully saturated rings. The minimum Gasteiger partial charge on any atom is -0.480 e. The van der Waals surface area contributed by atoms with E-state index in [-0.39, 0.29) is 0 Å². The van der Waals surface area contributed by atoms with Gasteiger partial charge in [0, 0.05) is 31.3 Å². The second-order valence-corrected chi connectivity index (χ2v) is 6.86. The minimum atomic E-state index is -0.953. The fraction of sp³-hybridized carbons (Fsp3) is 0.526. The molecule has 0 aliphatic carbocycles. The van der Waals surface area contributed by atoms with Crippen LogP contribution in [-0.4, -0.2) is 38.8 Å². The summed E-state index contributed by atoms with van der Waals surface area (Å²) in [6.07, 6.45) is 8.29. The molecule has 27 heavy (non-hydrogen) atoms. The molecule has 2 unspecified atom stereocenters. The number of hydrogen-bond acceptors (Lipinski definition) is 4. The van der Waals surface area contributed by atoms with Crippen LogP contribution in [0.25, 0.3) is 11.0 Å². The topological polar surface area (TPSA) is 135 Å². The summed E-state index contributed by atoms with van der Waals surface area (Å²) >= 11 is 0. The number of unbranched alkanes of at least 4 members (excludes halogenated alkanes) is 2. The van der Waals surface area contributed by atoms with E-state index in [1.807, 2.05) is 18.5 Å². The Morgan fingerprint density at radius 1 is 1.00 bits per heavy atom. The number of hydrogen-bond donors (Lipinski definition) is 4. The van der Waals surface area contributed by atoms with Gasteiger partial charge >= 0.3 is 11.9 Å². The molecule has 2 aromatic rings. The molecule has 148 valence electrons.